The first-order valence-corrected chi connectivity index (χ1v) is 11.7. The van der Waals surface area contributed by atoms with Gasteiger partial charge in [0.15, 0.2) is 0 Å². The molecule has 1 heterocycles. The first-order chi connectivity index (χ1) is 16.5. The van der Waals surface area contributed by atoms with Gasteiger partial charge in [0.25, 0.3) is 11.8 Å². The summed E-state index contributed by atoms with van der Waals surface area (Å²) in [6.07, 6.45) is 7.27. The van der Waals surface area contributed by atoms with Crippen LogP contribution in [0.2, 0.25) is 0 Å². The molecule has 0 spiro atoms. The van der Waals surface area contributed by atoms with E-state index in [1.807, 2.05) is 0 Å². The molecule has 34 heavy (non-hydrogen) atoms. The fourth-order valence-electron chi connectivity index (χ4n) is 4.58. The van der Waals surface area contributed by atoms with Crippen molar-refractivity contribution >= 4 is 23.4 Å². The highest BCUT2D eigenvalue weighted by Gasteiger charge is 2.44. The molecule has 7 heteroatoms. The number of carbonyl (C=O) groups excluding carboxylic acids is 3. The summed E-state index contributed by atoms with van der Waals surface area (Å²) in [4.78, 5) is 42.7. The molecule has 0 saturated carbocycles. The number of allylic oxidation sites excluding steroid dienone is 1. The summed E-state index contributed by atoms with van der Waals surface area (Å²) in [5.74, 6) is 0.215. The maximum Gasteiger partial charge on any atom is 0.257 e. The number of ether oxygens (including phenoxy) is 2. The number of rotatable bonds is 8. The predicted molar refractivity (Wildman–Crippen MR) is 129 cm³/mol. The van der Waals surface area contributed by atoms with E-state index in [9.17, 15) is 14.4 Å². The summed E-state index contributed by atoms with van der Waals surface area (Å²) < 4.78 is 10.5. The topological polar surface area (TPSA) is 76.2 Å². The van der Waals surface area contributed by atoms with Gasteiger partial charge in [-0.25, -0.2) is 4.90 Å². The Hall–Kier alpha value is -3.61. The van der Waals surface area contributed by atoms with Crippen LogP contribution in [-0.2, 0) is 9.59 Å². The van der Waals surface area contributed by atoms with Gasteiger partial charge in [0, 0.05) is 12.1 Å². The molecule has 1 unspecified atom stereocenters. The SMILES string of the molecule is COc1ccc(N2C(=O)CC(N(CCC3=CCCCC3)C(=O)c3cccc(OC)c3)C2=O)cc1. The second-order valence-corrected chi connectivity index (χ2v) is 8.57. The van der Waals surface area contributed by atoms with Gasteiger partial charge in [-0.05, 0) is 74.6 Å². The van der Waals surface area contributed by atoms with E-state index in [1.54, 1.807) is 67.7 Å². The van der Waals surface area contributed by atoms with Crippen molar-refractivity contribution in [3.05, 3.63) is 65.7 Å². The van der Waals surface area contributed by atoms with Gasteiger partial charge in [0.2, 0.25) is 5.91 Å². The van der Waals surface area contributed by atoms with E-state index in [4.69, 9.17) is 9.47 Å². The smallest absolute Gasteiger partial charge is 0.257 e. The quantitative estimate of drug-likeness (QED) is 0.430. The lowest BCUT2D eigenvalue weighted by Crippen LogP contribution is -2.46. The Morgan fingerprint density at radius 3 is 2.47 bits per heavy atom. The largest absolute Gasteiger partial charge is 0.497 e. The van der Waals surface area contributed by atoms with Crippen LogP contribution in [0.25, 0.3) is 0 Å². The van der Waals surface area contributed by atoms with Crippen LogP contribution in [-0.4, -0.2) is 49.4 Å². The first-order valence-electron chi connectivity index (χ1n) is 11.7. The normalized spacial score (nSPS) is 18.0. The molecule has 0 radical (unpaired) electrons. The van der Waals surface area contributed by atoms with E-state index in [0.717, 1.165) is 19.3 Å². The van der Waals surface area contributed by atoms with Crippen molar-refractivity contribution < 1.29 is 23.9 Å². The molecule has 0 bridgehead atoms. The number of anilines is 1. The molecule has 1 aliphatic heterocycles. The van der Waals surface area contributed by atoms with Gasteiger partial charge in [0.05, 0.1) is 26.3 Å². The zero-order chi connectivity index (χ0) is 24.1. The molecule has 0 aromatic heterocycles. The van der Waals surface area contributed by atoms with Crippen molar-refractivity contribution in [1.82, 2.24) is 4.90 Å². The maximum atomic E-state index is 13.6. The maximum absolute atomic E-state index is 13.6. The van der Waals surface area contributed by atoms with Crippen molar-refractivity contribution in [2.45, 2.75) is 44.6 Å². The molecule has 3 amide bonds. The van der Waals surface area contributed by atoms with Crippen molar-refractivity contribution in [3.63, 3.8) is 0 Å². The second-order valence-electron chi connectivity index (χ2n) is 8.57. The van der Waals surface area contributed by atoms with Crippen LogP contribution in [0.5, 0.6) is 11.5 Å². The molecule has 178 valence electrons. The van der Waals surface area contributed by atoms with E-state index in [0.29, 0.717) is 35.7 Å². The van der Waals surface area contributed by atoms with E-state index in [1.165, 1.54) is 16.9 Å². The third-order valence-corrected chi connectivity index (χ3v) is 6.47. The number of nitrogens with zero attached hydrogens (tertiary/aromatic N) is 2. The van der Waals surface area contributed by atoms with Crippen molar-refractivity contribution in [3.8, 4) is 11.5 Å². The first kappa shape index (κ1) is 23.5. The summed E-state index contributed by atoms with van der Waals surface area (Å²) in [6.45, 7) is 0.377. The van der Waals surface area contributed by atoms with Crippen LogP contribution in [0.3, 0.4) is 0 Å². The van der Waals surface area contributed by atoms with Crippen LogP contribution >= 0.6 is 0 Å². The number of hydrogen-bond acceptors (Lipinski definition) is 5. The number of imide groups is 1. The fourth-order valence-corrected chi connectivity index (χ4v) is 4.58. The zero-order valence-electron chi connectivity index (χ0n) is 19.7. The molecule has 1 atom stereocenters. The minimum absolute atomic E-state index is 0.0420. The Balaban J connectivity index is 1.61. The van der Waals surface area contributed by atoms with Gasteiger partial charge in [-0.2, -0.15) is 0 Å². The minimum Gasteiger partial charge on any atom is -0.497 e. The summed E-state index contributed by atoms with van der Waals surface area (Å²) >= 11 is 0. The van der Waals surface area contributed by atoms with Crippen LogP contribution in [0.15, 0.2) is 60.2 Å². The summed E-state index contributed by atoms with van der Waals surface area (Å²) in [5.41, 5.74) is 2.21. The van der Waals surface area contributed by atoms with Gasteiger partial charge in [-0.3, -0.25) is 14.4 Å². The van der Waals surface area contributed by atoms with Crippen molar-refractivity contribution in [2.24, 2.45) is 0 Å². The molecule has 1 aliphatic carbocycles. The number of amides is 3. The third-order valence-electron chi connectivity index (χ3n) is 6.47. The predicted octanol–water partition coefficient (Wildman–Crippen LogP) is 4.37. The van der Waals surface area contributed by atoms with Crippen LogP contribution in [0.1, 0.15) is 48.9 Å². The molecular formula is C27H30N2O5. The van der Waals surface area contributed by atoms with Gasteiger partial charge in [-0.1, -0.05) is 17.7 Å². The van der Waals surface area contributed by atoms with E-state index >= 15 is 0 Å². The lowest BCUT2D eigenvalue weighted by atomic mass is 9.96. The average molecular weight is 463 g/mol. The number of carbonyl (C=O) groups is 3. The highest BCUT2D eigenvalue weighted by Crippen LogP contribution is 2.29. The van der Waals surface area contributed by atoms with Gasteiger partial charge >= 0.3 is 0 Å². The second kappa shape index (κ2) is 10.5. The van der Waals surface area contributed by atoms with Crippen molar-refractivity contribution in [2.75, 3.05) is 25.7 Å². The standard InChI is InChI=1S/C27H30N2O5/c1-33-22-13-11-21(12-14-22)29-25(30)18-24(27(29)32)28(16-15-19-7-4-3-5-8-19)26(31)20-9-6-10-23(17-20)34-2/h6-7,9-14,17,24H,3-5,8,15-16,18H2,1-2H3. The molecule has 0 N–H and O–H groups in total. The van der Waals surface area contributed by atoms with Gasteiger partial charge < -0.3 is 14.4 Å². The Morgan fingerprint density at radius 1 is 1.03 bits per heavy atom. The summed E-state index contributed by atoms with van der Waals surface area (Å²) in [6, 6.07) is 12.8. The zero-order valence-corrected chi connectivity index (χ0v) is 19.7. The summed E-state index contributed by atoms with van der Waals surface area (Å²) in [5, 5.41) is 0. The molecule has 2 aromatic rings. The Morgan fingerprint density at radius 2 is 1.79 bits per heavy atom. The van der Waals surface area contributed by atoms with Crippen molar-refractivity contribution in [1.29, 1.82) is 0 Å². The Bertz CT molecular complexity index is 1090. The Labute approximate surface area is 199 Å². The highest BCUT2D eigenvalue weighted by atomic mass is 16.5. The molecule has 2 aliphatic rings. The number of hydrogen-bond donors (Lipinski definition) is 0. The van der Waals surface area contributed by atoms with Gasteiger partial charge in [0.1, 0.15) is 17.5 Å². The van der Waals surface area contributed by atoms with Crippen LogP contribution < -0.4 is 14.4 Å². The number of methoxy groups -OCH3 is 2. The monoisotopic (exact) mass is 462 g/mol. The molecule has 7 nitrogen and oxygen atoms in total. The van der Waals surface area contributed by atoms with Gasteiger partial charge in [-0.15, -0.1) is 0 Å². The third kappa shape index (κ3) is 4.98. The number of benzene rings is 2. The summed E-state index contributed by atoms with van der Waals surface area (Å²) in [7, 11) is 3.10. The molecule has 1 fully saturated rings. The molecule has 4 rings (SSSR count). The lowest BCUT2D eigenvalue weighted by molar-refractivity contribution is -0.122. The van der Waals surface area contributed by atoms with E-state index in [-0.39, 0.29) is 24.1 Å². The fraction of sp³-hybridized carbons (Fsp3) is 0.370. The lowest BCUT2D eigenvalue weighted by Gasteiger charge is -2.29. The molecular weight excluding hydrogens is 432 g/mol. The average Bonchev–Trinajstić information content (AvgIpc) is 3.18. The Kier molecular flexibility index (Phi) is 7.30. The van der Waals surface area contributed by atoms with Crippen LogP contribution in [0, 0.1) is 0 Å². The highest BCUT2D eigenvalue weighted by molar-refractivity contribution is 6.23. The van der Waals surface area contributed by atoms with E-state index < -0.39 is 6.04 Å². The molecule has 2 aromatic carbocycles. The molecule has 1 saturated heterocycles. The van der Waals surface area contributed by atoms with Crippen LogP contribution in [0.4, 0.5) is 5.69 Å². The van der Waals surface area contributed by atoms with E-state index in [2.05, 4.69) is 6.08 Å². The minimum atomic E-state index is -0.850.